The first kappa shape index (κ1) is 19.7. The maximum Gasteiger partial charge on any atom is 0.416 e. The Bertz CT molecular complexity index is 906. The van der Waals surface area contributed by atoms with E-state index < -0.39 is 39.5 Å². The Morgan fingerprint density at radius 3 is 2.15 bits per heavy atom. The Hall–Kier alpha value is -2.58. The lowest BCUT2D eigenvalue weighted by Crippen LogP contribution is -2.08. The summed E-state index contributed by atoms with van der Waals surface area (Å²) in [6, 6.07) is 5.70. The standard InChI is InChI=1S/C16H8Cl2F3NO4/c17-10-3-8(4-11(18)7-10)5-13(15(23)24)12-2-1-9(16(19,20)21)6-14(12)22(25)26/h1-7H,(H,23,24)/b13-5-. The second-order valence-electron chi connectivity index (χ2n) is 5.05. The van der Waals surface area contributed by atoms with Crippen molar-refractivity contribution in [1.29, 1.82) is 0 Å². The number of hydrogen-bond acceptors (Lipinski definition) is 3. The summed E-state index contributed by atoms with van der Waals surface area (Å²) in [5.41, 5.74) is -3.09. The summed E-state index contributed by atoms with van der Waals surface area (Å²) >= 11 is 11.6. The number of rotatable bonds is 4. The van der Waals surface area contributed by atoms with Gasteiger partial charge in [-0.15, -0.1) is 0 Å². The van der Waals surface area contributed by atoms with Crippen LogP contribution in [0.1, 0.15) is 16.7 Å². The molecule has 0 spiro atoms. The van der Waals surface area contributed by atoms with Gasteiger partial charge in [-0.1, -0.05) is 23.2 Å². The number of carbonyl (C=O) groups is 1. The van der Waals surface area contributed by atoms with E-state index >= 15 is 0 Å². The minimum atomic E-state index is -4.81. The Morgan fingerprint density at radius 2 is 1.69 bits per heavy atom. The summed E-state index contributed by atoms with van der Waals surface area (Å²) in [5.74, 6) is -1.57. The molecule has 0 saturated heterocycles. The first-order valence-corrected chi connectivity index (χ1v) is 7.51. The summed E-state index contributed by atoms with van der Waals surface area (Å²) in [7, 11) is 0. The van der Waals surface area contributed by atoms with Crippen molar-refractivity contribution in [1.82, 2.24) is 0 Å². The molecule has 0 radical (unpaired) electrons. The first-order chi connectivity index (χ1) is 12.0. The average molecular weight is 406 g/mol. The van der Waals surface area contributed by atoms with Gasteiger partial charge in [-0.2, -0.15) is 13.2 Å². The second-order valence-corrected chi connectivity index (χ2v) is 5.93. The third kappa shape index (κ3) is 4.53. The number of nitro benzene ring substituents is 1. The molecule has 2 aromatic rings. The highest BCUT2D eigenvalue weighted by Crippen LogP contribution is 2.36. The van der Waals surface area contributed by atoms with Gasteiger partial charge in [-0.25, -0.2) is 4.79 Å². The smallest absolute Gasteiger partial charge is 0.416 e. The summed E-state index contributed by atoms with van der Waals surface area (Å²) in [5, 5.41) is 20.9. The maximum atomic E-state index is 12.8. The largest absolute Gasteiger partial charge is 0.478 e. The monoisotopic (exact) mass is 405 g/mol. The molecule has 0 unspecified atom stereocenters. The minimum absolute atomic E-state index is 0.190. The zero-order chi connectivity index (χ0) is 19.6. The zero-order valence-corrected chi connectivity index (χ0v) is 14.1. The number of hydrogen-bond donors (Lipinski definition) is 1. The molecule has 0 aliphatic carbocycles. The van der Waals surface area contributed by atoms with Gasteiger partial charge in [-0.3, -0.25) is 10.1 Å². The summed E-state index contributed by atoms with van der Waals surface area (Å²) < 4.78 is 38.3. The van der Waals surface area contributed by atoms with Crippen LogP contribution in [0.3, 0.4) is 0 Å². The molecular weight excluding hydrogens is 398 g/mol. The van der Waals surface area contributed by atoms with Crippen molar-refractivity contribution in [2.75, 3.05) is 0 Å². The van der Waals surface area contributed by atoms with Crippen LogP contribution in [0.15, 0.2) is 36.4 Å². The van der Waals surface area contributed by atoms with E-state index in [2.05, 4.69) is 0 Å². The molecular formula is C16H8Cl2F3NO4. The molecule has 0 amide bonds. The van der Waals surface area contributed by atoms with Crippen molar-refractivity contribution in [3.05, 3.63) is 73.2 Å². The van der Waals surface area contributed by atoms with Gasteiger partial charge in [0.1, 0.15) is 0 Å². The number of carboxylic acid groups (broad SMARTS) is 1. The fourth-order valence-electron chi connectivity index (χ4n) is 2.17. The van der Waals surface area contributed by atoms with Gasteiger partial charge in [0.15, 0.2) is 0 Å². The van der Waals surface area contributed by atoms with Crippen LogP contribution in [0.4, 0.5) is 18.9 Å². The predicted octanol–water partition coefficient (Wildman–Crippen LogP) is 5.55. The van der Waals surface area contributed by atoms with Crippen LogP contribution in [0.25, 0.3) is 11.6 Å². The molecule has 5 nitrogen and oxygen atoms in total. The molecule has 136 valence electrons. The number of halogens is 5. The van der Waals surface area contributed by atoms with E-state index in [1.807, 2.05) is 0 Å². The lowest BCUT2D eigenvalue weighted by atomic mass is 9.99. The summed E-state index contributed by atoms with van der Waals surface area (Å²) in [4.78, 5) is 21.6. The fraction of sp³-hybridized carbons (Fsp3) is 0.0625. The Balaban J connectivity index is 2.69. The molecule has 2 rings (SSSR count). The molecule has 1 N–H and O–H groups in total. The molecule has 2 aromatic carbocycles. The van der Waals surface area contributed by atoms with Crippen LogP contribution in [-0.2, 0) is 11.0 Å². The Morgan fingerprint density at radius 1 is 1.12 bits per heavy atom. The lowest BCUT2D eigenvalue weighted by Gasteiger charge is -2.10. The quantitative estimate of drug-likeness (QED) is 0.313. The number of alkyl halides is 3. The molecule has 26 heavy (non-hydrogen) atoms. The second kappa shape index (κ2) is 7.35. The highest BCUT2D eigenvalue weighted by molar-refractivity contribution is 6.35. The molecule has 0 heterocycles. The van der Waals surface area contributed by atoms with Crippen molar-refractivity contribution >= 4 is 46.5 Å². The van der Waals surface area contributed by atoms with Crippen LogP contribution < -0.4 is 0 Å². The third-order valence-electron chi connectivity index (χ3n) is 3.24. The molecule has 0 aliphatic rings. The summed E-state index contributed by atoms with van der Waals surface area (Å²) in [6.45, 7) is 0. The van der Waals surface area contributed by atoms with Crippen LogP contribution in [0.2, 0.25) is 10.0 Å². The van der Waals surface area contributed by atoms with Crippen molar-refractivity contribution in [2.45, 2.75) is 6.18 Å². The van der Waals surface area contributed by atoms with E-state index in [0.717, 1.165) is 12.1 Å². The molecule has 0 saturated carbocycles. The van der Waals surface area contributed by atoms with Gasteiger partial charge in [0.05, 0.1) is 21.6 Å². The van der Waals surface area contributed by atoms with E-state index in [9.17, 15) is 33.2 Å². The van der Waals surface area contributed by atoms with E-state index in [4.69, 9.17) is 23.2 Å². The Labute approximate surface area is 154 Å². The van der Waals surface area contributed by atoms with Crippen molar-refractivity contribution in [2.24, 2.45) is 0 Å². The molecule has 0 bridgehead atoms. The highest BCUT2D eigenvalue weighted by Gasteiger charge is 2.34. The van der Waals surface area contributed by atoms with Crippen LogP contribution in [-0.4, -0.2) is 16.0 Å². The van der Waals surface area contributed by atoms with Gasteiger partial charge >= 0.3 is 12.1 Å². The van der Waals surface area contributed by atoms with Gasteiger partial charge in [0.2, 0.25) is 0 Å². The normalized spacial score (nSPS) is 12.1. The fourth-order valence-corrected chi connectivity index (χ4v) is 2.71. The maximum absolute atomic E-state index is 12.8. The van der Waals surface area contributed by atoms with Gasteiger partial charge in [0, 0.05) is 16.1 Å². The van der Waals surface area contributed by atoms with E-state index in [0.29, 0.717) is 6.07 Å². The van der Waals surface area contributed by atoms with E-state index in [-0.39, 0.29) is 21.7 Å². The number of nitro groups is 1. The molecule has 10 heteroatoms. The van der Waals surface area contributed by atoms with Crippen molar-refractivity contribution < 1.29 is 28.0 Å². The average Bonchev–Trinajstić information content (AvgIpc) is 2.50. The predicted molar refractivity (Wildman–Crippen MR) is 90.1 cm³/mol. The zero-order valence-electron chi connectivity index (χ0n) is 12.6. The topological polar surface area (TPSA) is 80.4 Å². The van der Waals surface area contributed by atoms with Crippen LogP contribution in [0, 0.1) is 10.1 Å². The summed E-state index contributed by atoms with van der Waals surface area (Å²) in [6.07, 6.45) is -3.77. The molecule has 0 aliphatic heterocycles. The number of carboxylic acids is 1. The van der Waals surface area contributed by atoms with Crippen molar-refractivity contribution in [3.63, 3.8) is 0 Å². The van der Waals surface area contributed by atoms with Gasteiger partial charge in [0.25, 0.3) is 5.69 Å². The van der Waals surface area contributed by atoms with E-state index in [1.165, 1.54) is 18.2 Å². The molecule has 0 fully saturated rings. The van der Waals surface area contributed by atoms with Gasteiger partial charge < -0.3 is 5.11 Å². The van der Waals surface area contributed by atoms with Crippen LogP contribution in [0.5, 0.6) is 0 Å². The highest BCUT2D eigenvalue weighted by atomic mass is 35.5. The number of nitrogens with zero attached hydrogens (tertiary/aromatic N) is 1. The lowest BCUT2D eigenvalue weighted by molar-refractivity contribution is -0.385. The van der Waals surface area contributed by atoms with Gasteiger partial charge in [-0.05, 0) is 42.0 Å². The first-order valence-electron chi connectivity index (χ1n) is 6.76. The molecule has 0 atom stereocenters. The number of benzene rings is 2. The van der Waals surface area contributed by atoms with Crippen molar-refractivity contribution in [3.8, 4) is 0 Å². The Kier molecular flexibility index (Phi) is 5.58. The number of aliphatic carboxylic acids is 1. The van der Waals surface area contributed by atoms with Crippen LogP contribution >= 0.6 is 23.2 Å². The minimum Gasteiger partial charge on any atom is -0.478 e. The third-order valence-corrected chi connectivity index (χ3v) is 3.67. The molecule has 0 aromatic heterocycles. The SMILES string of the molecule is O=C(O)/C(=C\c1cc(Cl)cc(Cl)c1)c1ccc(C(F)(F)F)cc1[N+](=O)[O-]. The van der Waals surface area contributed by atoms with E-state index in [1.54, 1.807) is 0 Å².